The van der Waals surface area contributed by atoms with Gasteiger partial charge in [0.1, 0.15) is 28.2 Å². The van der Waals surface area contributed by atoms with E-state index in [1.165, 1.54) is 36.4 Å². The van der Waals surface area contributed by atoms with Gasteiger partial charge in [-0.25, -0.2) is 19.2 Å². The van der Waals surface area contributed by atoms with Crippen LogP contribution in [0.3, 0.4) is 0 Å². The molecule has 0 N–H and O–H groups in total. The number of carbonyl (C=O) groups excluding carboxylic acids is 4. The molecular formula is C43H26O10. The normalized spacial score (nSPS) is 10.6. The molecule has 7 aromatic rings. The summed E-state index contributed by atoms with van der Waals surface area (Å²) in [5, 5.41) is -0.0957. The summed E-state index contributed by atoms with van der Waals surface area (Å²) in [6.45, 7) is 0. The number of rotatable bonds is 9. The highest BCUT2D eigenvalue weighted by Crippen LogP contribution is 2.37. The Hall–Kier alpha value is -7.59. The van der Waals surface area contributed by atoms with Gasteiger partial charge in [0.2, 0.25) is 0 Å². The van der Waals surface area contributed by atoms with Crippen LogP contribution < -0.4 is 24.4 Å². The Balaban J connectivity index is 1.30. The average Bonchev–Trinajstić information content (AvgIpc) is 3.19. The molecule has 0 saturated heterocycles. The first-order chi connectivity index (χ1) is 25.8. The van der Waals surface area contributed by atoms with Crippen molar-refractivity contribution >= 4 is 34.8 Å². The van der Waals surface area contributed by atoms with E-state index in [-0.39, 0.29) is 67.5 Å². The van der Waals surface area contributed by atoms with E-state index in [9.17, 15) is 24.0 Å². The number of esters is 4. The molecular weight excluding hydrogens is 676 g/mol. The summed E-state index contributed by atoms with van der Waals surface area (Å²) in [6.07, 6.45) is 0. The Morgan fingerprint density at radius 1 is 0.415 bits per heavy atom. The molecule has 6 aromatic carbocycles. The van der Waals surface area contributed by atoms with Gasteiger partial charge in [-0.3, -0.25) is 4.79 Å². The molecule has 0 unspecified atom stereocenters. The minimum Gasteiger partial charge on any atom is -0.456 e. The van der Waals surface area contributed by atoms with Crippen LogP contribution >= 0.6 is 0 Å². The van der Waals surface area contributed by atoms with Gasteiger partial charge in [0.25, 0.3) is 0 Å². The van der Waals surface area contributed by atoms with Crippen molar-refractivity contribution in [2.24, 2.45) is 0 Å². The summed E-state index contributed by atoms with van der Waals surface area (Å²) >= 11 is 0. The zero-order valence-corrected chi connectivity index (χ0v) is 27.6. The maximum absolute atomic E-state index is 13.8. The Morgan fingerprint density at radius 3 is 1.34 bits per heavy atom. The lowest BCUT2D eigenvalue weighted by Crippen LogP contribution is -2.13. The second-order valence-corrected chi connectivity index (χ2v) is 11.5. The number of fused-ring (bicyclic) bond motifs is 1. The Labute approximate surface area is 301 Å². The second-order valence-electron chi connectivity index (χ2n) is 11.5. The summed E-state index contributed by atoms with van der Waals surface area (Å²) in [6, 6.07) is 40.9. The number of hydrogen-bond acceptors (Lipinski definition) is 10. The predicted molar refractivity (Wildman–Crippen MR) is 194 cm³/mol. The monoisotopic (exact) mass is 702 g/mol. The first-order valence-electron chi connectivity index (χ1n) is 16.2. The molecule has 1 aromatic heterocycles. The van der Waals surface area contributed by atoms with Crippen molar-refractivity contribution in [3.05, 3.63) is 190 Å². The Morgan fingerprint density at radius 2 is 0.849 bits per heavy atom. The van der Waals surface area contributed by atoms with Crippen LogP contribution in [0.5, 0.6) is 23.0 Å². The SMILES string of the molecule is O=C(Oc1cc(OC(=O)c2ccccc2)c2c(=O)cc(-c3ccc(OC(=O)c4ccccc4)c(OC(=O)c4ccccc4)c3)oc2c1)c1ccccc1. The number of carbonyl (C=O) groups is 4. The molecule has 0 aliphatic carbocycles. The molecule has 0 atom stereocenters. The molecule has 0 saturated carbocycles. The lowest BCUT2D eigenvalue weighted by atomic mass is 10.1. The molecule has 7 rings (SSSR count). The average molecular weight is 703 g/mol. The van der Waals surface area contributed by atoms with E-state index < -0.39 is 29.3 Å². The molecule has 0 fully saturated rings. The van der Waals surface area contributed by atoms with E-state index >= 15 is 0 Å². The van der Waals surface area contributed by atoms with Crippen molar-refractivity contribution in [3.8, 4) is 34.3 Å². The molecule has 0 spiro atoms. The van der Waals surface area contributed by atoms with Gasteiger partial charge < -0.3 is 23.4 Å². The number of hydrogen-bond donors (Lipinski definition) is 0. The van der Waals surface area contributed by atoms with E-state index in [2.05, 4.69) is 0 Å². The highest BCUT2D eigenvalue weighted by atomic mass is 16.6. The van der Waals surface area contributed by atoms with E-state index in [0.717, 1.165) is 0 Å². The minimum absolute atomic E-state index is 0.00678. The molecule has 0 amide bonds. The van der Waals surface area contributed by atoms with Crippen molar-refractivity contribution in [1.29, 1.82) is 0 Å². The summed E-state index contributed by atoms with van der Waals surface area (Å²) in [5.41, 5.74) is 0.573. The number of benzene rings is 6. The fourth-order valence-corrected chi connectivity index (χ4v) is 5.27. The van der Waals surface area contributed by atoms with Crippen LogP contribution in [-0.4, -0.2) is 23.9 Å². The zero-order valence-electron chi connectivity index (χ0n) is 27.6. The molecule has 258 valence electrons. The molecule has 10 nitrogen and oxygen atoms in total. The van der Waals surface area contributed by atoms with Gasteiger partial charge in [0.05, 0.1) is 22.3 Å². The smallest absolute Gasteiger partial charge is 0.343 e. The van der Waals surface area contributed by atoms with Crippen LogP contribution in [-0.2, 0) is 0 Å². The first kappa shape index (κ1) is 33.9. The summed E-state index contributed by atoms with van der Waals surface area (Å²) in [7, 11) is 0. The summed E-state index contributed by atoms with van der Waals surface area (Å²) < 4.78 is 28.8. The van der Waals surface area contributed by atoms with Crippen molar-refractivity contribution in [2.75, 3.05) is 0 Å². The van der Waals surface area contributed by atoms with Gasteiger partial charge in [0, 0.05) is 23.8 Å². The van der Waals surface area contributed by atoms with E-state index in [1.54, 1.807) is 121 Å². The quantitative estimate of drug-likeness (QED) is 0.107. The highest BCUT2D eigenvalue weighted by molar-refractivity contribution is 5.97. The van der Waals surface area contributed by atoms with Crippen LogP contribution in [0, 0.1) is 0 Å². The first-order valence-corrected chi connectivity index (χ1v) is 16.2. The van der Waals surface area contributed by atoms with Gasteiger partial charge in [-0.2, -0.15) is 0 Å². The van der Waals surface area contributed by atoms with Crippen LogP contribution in [0.1, 0.15) is 41.4 Å². The lowest BCUT2D eigenvalue weighted by Gasteiger charge is -2.14. The van der Waals surface area contributed by atoms with Gasteiger partial charge in [-0.1, -0.05) is 72.8 Å². The maximum atomic E-state index is 13.8. The fourth-order valence-electron chi connectivity index (χ4n) is 5.27. The maximum Gasteiger partial charge on any atom is 0.343 e. The van der Waals surface area contributed by atoms with Crippen molar-refractivity contribution in [2.45, 2.75) is 0 Å². The highest BCUT2D eigenvalue weighted by Gasteiger charge is 2.22. The van der Waals surface area contributed by atoms with E-state index in [4.69, 9.17) is 23.4 Å². The van der Waals surface area contributed by atoms with Crippen molar-refractivity contribution in [1.82, 2.24) is 0 Å². The van der Waals surface area contributed by atoms with Crippen molar-refractivity contribution < 1.29 is 42.5 Å². The molecule has 10 heteroatoms. The molecule has 0 bridgehead atoms. The number of ether oxygens (including phenoxy) is 4. The summed E-state index contributed by atoms with van der Waals surface area (Å²) in [4.78, 5) is 66.0. The third kappa shape index (κ3) is 7.77. The fraction of sp³-hybridized carbons (Fsp3) is 0. The largest absolute Gasteiger partial charge is 0.456 e. The molecule has 1 heterocycles. The summed E-state index contributed by atoms with van der Waals surface area (Å²) in [5.74, 6) is -3.34. The van der Waals surface area contributed by atoms with Crippen LogP contribution in [0.2, 0.25) is 0 Å². The van der Waals surface area contributed by atoms with Gasteiger partial charge >= 0.3 is 23.9 Å². The third-order valence-electron chi connectivity index (χ3n) is 7.85. The van der Waals surface area contributed by atoms with Crippen LogP contribution in [0.4, 0.5) is 0 Å². The Kier molecular flexibility index (Phi) is 9.66. The lowest BCUT2D eigenvalue weighted by molar-refractivity contribution is 0.0682. The van der Waals surface area contributed by atoms with Gasteiger partial charge in [0.15, 0.2) is 16.9 Å². The molecule has 53 heavy (non-hydrogen) atoms. The molecule has 0 aliphatic heterocycles. The van der Waals surface area contributed by atoms with Crippen LogP contribution in [0.15, 0.2) is 167 Å². The van der Waals surface area contributed by atoms with Crippen LogP contribution in [0.25, 0.3) is 22.3 Å². The standard InChI is InChI=1S/C43H26O10/c44-33-26-35(31-21-22-34(51-41(46)28-15-7-2-8-16-28)36(23-31)52-42(47)29-17-9-3-10-18-29)50-37-24-32(49-40(45)27-13-5-1-6-14-27)25-38(39(33)37)53-43(48)30-19-11-4-12-20-30/h1-26H. The zero-order chi connectivity index (χ0) is 36.7. The minimum atomic E-state index is -0.757. The predicted octanol–water partition coefficient (Wildman–Crippen LogP) is 8.34. The molecule has 0 radical (unpaired) electrons. The third-order valence-corrected chi connectivity index (χ3v) is 7.85. The van der Waals surface area contributed by atoms with Gasteiger partial charge in [-0.15, -0.1) is 0 Å². The van der Waals surface area contributed by atoms with E-state index in [1.807, 2.05) is 0 Å². The van der Waals surface area contributed by atoms with Crippen molar-refractivity contribution in [3.63, 3.8) is 0 Å². The second kappa shape index (κ2) is 15.1. The Bertz CT molecular complexity index is 2530. The van der Waals surface area contributed by atoms with E-state index in [0.29, 0.717) is 0 Å². The topological polar surface area (TPSA) is 135 Å². The van der Waals surface area contributed by atoms with Gasteiger partial charge in [-0.05, 0) is 66.7 Å². The molecule has 0 aliphatic rings.